The lowest BCUT2D eigenvalue weighted by molar-refractivity contribution is 0.0993. The van der Waals surface area contributed by atoms with Crippen LogP contribution in [0.4, 0.5) is 11.4 Å². The molecule has 0 spiro atoms. The van der Waals surface area contributed by atoms with Gasteiger partial charge in [-0.2, -0.15) is 0 Å². The normalized spacial score (nSPS) is 11.1. The van der Waals surface area contributed by atoms with Crippen LogP contribution in [0.1, 0.15) is 10.4 Å². The molecule has 3 aromatic carbocycles. The van der Waals surface area contributed by atoms with Crippen LogP contribution in [0.25, 0.3) is 33.3 Å². The van der Waals surface area contributed by atoms with E-state index in [1.54, 1.807) is 36.2 Å². The van der Waals surface area contributed by atoms with Gasteiger partial charge in [0.15, 0.2) is 5.69 Å². The zero-order valence-corrected chi connectivity index (χ0v) is 16.7. The fourth-order valence-corrected chi connectivity index (χ4v) is 3.69. The van der Waals surface area contributed by atoms with Gasteiger partial charge in [-0.1, -0.05) is 30.3 Å². The molecule has 0 saturated heterocycles. The molecule has 1 amide bonds. The van der Waals surface area contributed by atoms with Crippen molar-refractivity contribution in [3.05, 3.63) is 88.7 Å². The van der Waals surface area contributed by atoms with Crippen molar-refractivity contribution in [3.63, 3.8) is 0 Å². The Labute approximate surface area is 177 Å². The molecule has 5 aromatic rings. The molecule has 7 heteroatoms. The third kappa shape index (κ3) is 3.12. The maximum Gasteiger partial charge on any atom is 0.276 e. The number of para-hydroxylation sites is 3. The van der Waals surface area contributed by atoms with Gasteiger partial charge >= 0.3 is 0 Å². The zero-order chi connectivity index (χ0) is 21.5. The van der Waals surface area contributed by atoms with E-state index in [0.717, 1.165) is 11.2 Å². The first-order chi connectivity index (χ1) is 15.0. The summed E-state index contributed by atoms with van der Waals surface area (Å²) >= 11 is 0. The molecule has 0 saturated carbocycles. The van der Waals surface area contributed by atoms with Crippen LogP contribution in [0.5, 0.6) is 0 Å². The minimum absolute atomic E-state index is 0.156. The SMILES string of the molecule is CN(C(=O)c1ccc2[nH]c(-c3nc4ccccc4[nH]c3=O)c(N)c2c1)c1ccccc1. The fourth-order valence-electron chi connectivity index (χ4n) is 3.69. The molecule has 0 aliphatic carbocycles. The number of carbonyl (C=O) groups is 1. The highest BCUT2D eigenvalue weighted by Crippen LogP contribution is 2.32. The second kappa shape index (κ2) is 7.14. The number of fused-ring (bicyclic) bond motifs is 2. The van der Waals surface area contributed by atoms with Gasteiger partial charge in [-0.15, -0.1) is 0 Å². The fraction of sp³-hybridized carbons (Fsp3) is 0.0417. The first-order valence-corrected chi connectivity index (χ1v) is 9.76. The number of anilines is 2. The number of amides is 1. The number of carbonyl (C=O) groups excluding carboxylic acids is 1. The summed E-state index contributed by atoms with van der Waals surface area (Å²) in [5, 5.41) is 0.664. The smallest absolute Gasteiger partial charge is 0.276 e. The van der Waals surface area contributed by atoms with E-state index in [4.69, 9.17) is 5.73 Å². The van der Waals surface area contributed by atoms with Gasteiger partial charge < -0.3 is 20.6 Å². The summed E-state index contributed by atoms with van der Waals surface area (Å²) in [6, 6.07) is 22.0. The van der Waals surface area contributed by atoms with Crippen molar-refractivity contribution in [3.8, 4) is 11.4 Å². The van der Waals surface area contributed by atoms with Gasteiger partial charge in [0.25, 0.3) is 11.5 Å². The predicted octanol–water partition coefficient (Wildman–Crippen LogP) is 3.93. The maximum atomic E-state index is 13.0. The lowest BCUT2D eigenvalue weighted by atomic mass is 10.1. The van der Waals surface area contributed by atoms with Crippen LogP contribution in [0.15, 0.2) is 77.6 Å². The van der Waals surface area contributed by atoms with Crippen LogP contribution in [-0.4, -0.2) is 27.9 Å². The van der Waals surface area contributed by atoms with Crippen LogP contribution in [0.2, 0.25) is 0 Å². The van der Waals surface area contributed by atoms with E-state index in [0.29, 0.717) is 33.4 Å². The Morgan fingerprint density at radius 1 is 0.935 bits per heavy atom. The molecule has 2 aromatic heterocycles. The van der Waals surface area contributed by atoms with Crippen LogP contribution in [0.3, 0.4) is 0 Å². The standard InChI is InChI=1S/C24H19N5O2/c1-29(15-7-3-2-4-8-15)24(31)14-11-12-17-16(13-14)20(25)21(26-17)22-23(30)28-19-10-6-5-9-18(19)27-22/h2-13,26H,25H2,1H3,(H,28,30). The summed E-state index contributed by atoms with van der Waals surface area (Å²) in [5.41, 5.74) is 10.4. The lowest BCUT2D eigenvalue weighted by Crippen LogP contribution is -2.26. The van der Waals surface area contributed by atoms with Gasteiger partial charge in [-0.05, 0) is 42.5 Å². The number of H-pyrrole nitrogens is 2. The lowest BCUT2D eigenvalue weighted by Gasteiger charge is -2.17. The Hall–Kier alpha value is -4.39. The number of hydrogen-bond acceptors (Lipinski definition) is 4. The number of benzene rings is 3. The zero-order valence-electron chi connectivity index (χ0n) is 16.7. The van der Waals surface area contributed by atoms with Gasteiger partial charge in [0, 0.05) is 29.2 Å². The Kier molecular flexibility index (Phi) is 4.29. The van der Waals surface area contributed by atoms with Crippen LogP contribution in [0, 0.1) is 0 Å². The van der Waals surface area contributed by atoms with Crippen LogP contribution >= 0.6 is 0 Å². The molecule has 0 atom stereocenters. The molecule has 0 aliphatic heterocycles. The topological polar surface area (TPSA) is 108 Å². The minimum Gasteiger partial charge on any atom is -0.396 e. The third-order valence-electron chi connectivity index (χ3n) is 5.37. The summed E-state index contributed by atoms with van der Waals surface area (Å²) < 4.78 is 0. The molecular formula is C24H19N5O2. The molecule has 0 fully saturated rings. The van der Waals surface area contributed by atoms with E-state index in [1.807, 2.05) is 48.5 Å². The second-order valence-electron chi connectivity index (χ2n) is 7.31. The van der Waals surface area contributed by atoms with Crippen molar-refractivity contribution in [1.29, 1.82) is 0 Å². The summed E-state index contributed by atoms with van der Waals surface area (Å²) in [7, 11) is 1.73. The quantitative estimate of drug-likeness (QED) is 0.419. The van der Waals surface area contributed by atoms with Gasteiger partial charge in [0.2, 0.25) is 0 Å². The largest absolute Gasteiger partial charge is 0.396 e. The van der Waals surface area contributed by atoms with Gasteiger partial charge in [0.1, 0.15) is 0 Å². The monoisotopic (exact) mass is 409 g/mol. The molecule has 0 bridgehead atoms. The summed E-state index contributed by atoms with van der Waals surface area (Å²) in [6.45, 7) is 0. The third-order valence-corrected chi connectivity index (χ3v) is 5.37. The maximum absolute atomic E-state index is 13.0. The second-order valence-corrected chi connectivity index (χ2v) is 7.31. The number of aromatic nitrogens is 3. The molecule has 5 rings (SSSR count). The van der Waals surface area contributed by atoms with E-state index >= 15 is 0 Å². The molecule has 0 unspecified atom stereocenters. The van der Waals surface area contributed by atoms with Crippen molar-refractivity contribution in [2.24, 2.45) is 0 Å². The van der Waals surface area contributed by atoms with Crippen LogP contribution in [-0.2, 0) is 0 Å². The van der Waals surface area contributed by atoms with Crippen molar-refractivity contribution >= 4 is 39.2 Å². The van der Waals surface area contributed by atoms with Crippen molar-refractivity contribution in [2.45, 2.75) is 0 Å². The highest BCUT2D eigenvalue weighted by atomic mass is 16.2. The average molecular weight is 409 g/mol. The van der Waals surface area contributed by atoms with E-state index in [9.17, 15) is 9.59 Å². The number of nitrogens with one attached hydrogen (secondary N) is 2. The van der Waals surface area contributed by atoms with Crippen molar-refractivity contribution in [1.82, 2.24) is 15.0 Å². The van der Waals surface area contributed by atoms with Gasteiger partial charge in [-0.3, -0.25) is 9.59 Å². The first-order valence-electron chi connectivity index (χ1n) is 9.76. The van der Waals surface area contributed by atoms with E-state index < -0.39 is 0 Å². The molecule has 0 radical (unpaired) electrons. The number of nitrogens with zero attached hydrogens (tertiary/aromatic N) is 2. The Morgan fingerprint density at radius 2 is 1.68 bits per heavy atom. The minimum atomic E-state index is -0.336. The van der Waals surface area contributed by atoms with Gasteiger partial charge in [0.05, 0.1) is 22.4 Å². The van der Waals surface area contributed by atoms with E-state index in [2.05, 4.69) is 15.0 Å². The summed E-state index contributed by atoms with van der Waals surface area (Å²) in [4.78, 5) is 37.7. The van der Waals surface area contributed by atoms with Crippen LogP contribution < -0.4 is 16.2 Å². The van der Waals surface area contributed by atoms with E-state index in [1.165, 1.54) is 0 Å². The first kappa shape index (κ1) is 18.6. The predicted molar refractivity (Wildman–Crippen MR) is 123 cm³/mol. The van der Waals surface area contributed by atoms with Crippen molar-refractivity contribution in [2.75, 3.05) is 17.7 Å². The Balaban J connectivity index is 1.59. The molecular weight excluding hydrogens is 390 g/mol. The average Bonchev–Trinajstić information content (AvgIpc) is 3.13. The highest BCUT2D eigenvalue weighted by Gasteiger charge is 2.19. The Bertz CT molecular complexity index is 1500. The highest BCUT2D eigenvalue weighted by molar-refractivity contribution is 6.10. The van der Waals surface area contributed by atoms with Gasteiger partial charge in [-0.25, -0.2) is 4.98 Å². The number of hydrogen-bond donors (Lipinski definition) is 3. The summed E-state index contributed by atoms with van der Waals surface area (Å²) in [5.74, 6) is -0.156. The molecule has 7 nitrogen and oxygen atoms in total. The molecule has 2 heterocycles. The number of aromatic amines is 2. The molecule has 31 heavy (non-hydrogen) atoms. The molecule has 0 aliphatic rings. The molecule has 152 valence electrons. The van der Waals surface area contributed by atoms with Crippen molar-refractivity contribution < 1.29 is 4.79 Å². The van der Waals surface area contributed by atoms with E-state index in [-0.39, 0.29) is 17.2 Å². The Morgan fingerprint density at radius 3 is 2.48 bits per heavy atom. The number of rotatable bonds is 3. The number of nitrogen functional groups attached to an aromatic ring is 1. The molecule has 4 N–H and O–H groups in total. The number of nitrogens with two attached hydrogens (primary N) is 1. The summed E-state index contributed by atoms with van der Waals surface area (Å²) in [6.07, 6.45) is 0.